The maximum Gasteiger partial charge on any atom is 0.251 e. The SMILES string of the molecule is Cc1ccc(S(=O)(=O)NC2CC2)cc1C(=O)N[C@@H](C)CCCC(C)C. The number of amides is 1. The van der Waals surface area contributed by atoms with Crippen molar-refractivity contribution in [2.45, 2.75) is 76.8 Å². The van der Waals surface area contributed by atoms with Crippen LogP contribution in [0.5, 0.6) is 0 Å². The third kappa shape index (κ3) is 6.12. The van der Waals surface area contributed by atoms with Crippen LogP contribution in [0, 0.1) is 12.8 Å². The van der Waals surface area contributed by atoms with Crippen LogP contribution in [0.3, 0.4) is 0 Å². The molecule has 1 aromatic carbocycles. The smallest absolute Gasteiger partial charge is 0.251 e. The van der Waals surface area contributed by atoms with Crippen LogP contribution in [0.2, 0.25) is 0 Å². The first-order valence-corrected chi connectivity index (χ1v) is 10.6. The van der Waals surface area contributed by atoms with Gasteiger partial charge in [0.25, 0.3) is 5.91 Å². The summed E-state index contributed by atoms with van der Waals surface area (Å²) in [6.45, 7) is 8.19. The van der Waals surface area contributed by atoms with Crippen LogP contribution in [-0.4, -0.2) is 26.4 Å². The van der Waals surface area contributed by atoms with Gasteiger partial charge in [0.2, 0.25) is 10.0 Å². The van der Waals surface area contributed by atoms with Gasteiger partial charge in [-0.3, -0.25) is 4.79 Å². The molecule has 0 radical (unpaired) electrons. The van der Waals surface area contributed by atoms with Crippen LogP contribution >= 0.6 is 0 Å². The van der Waals surface area contributed by atoms with E-state index in [1.807, 2.05) is 13.8 Å². The molecule has 1 aliphatic rings. The number of hydrogen-bond acceptors (Lipinski definition) is 3. The first-order chi connectivity index (χ1) is 11.7. The summed E-state index contributed by atoms with van der Waals surface area (Å²) in [6, 6.07) is 4.85. The summed E-state index contributed by atoms with van der Waals surface area (Å²) in [5, 5.41) is 2.99. The Morgan fingerprint density at radius 3 is 2.48 bits per heavy atom. The Balaban J connectivity index is 2.04. The number of rotatable bonds is 9. The van der Waals surface area contributed by atoms with E-state index in [4.69, 9.17) is 0 Å². The van der Waals surface area contributed by atoms with Gasteiger partial charge in [-0.25, -0.2) is 13.1 Å². The molecule has 1 fully saturated rings. The molecular weight excluding hydrogens is 336 g/mol. The molecule has 5 nitrogen and oxygen atoms in total. The van der Waals surface area contributed by atoms with Gasteiger partial charge in [-0.2, -0.15) is 0 Å². The van der Waals surface area contributed by atoms with Crippen LogP contribution in [0.4, 0.5) is 0 Å². The van der Waals surface area contributed by atoms with Gasteiger partial charge in [-0.05, 0) is 56.7 Å². The zero-order valence-electron chi connectivity index (χ0n) is 15.6. The highest BCUT2D eigenvalue weighted by Gasteiger charge is 2.28. The van der Waals surface area contributed by atoms with E-state index in [2.05, 4.69) is 23.9 Å². The average molecular weight is 367 g/mol. The molecule has 2 N–H and O–H groups in total. The molecule has 0 spiro atoms. The van der Waals surface area contributed by atoms with Crippen molar-refractivity contribution in [3.8, 4) is 0 Å². The van der Waals surface area contributed by atoms with Gasteiger partial charge >= 0.3 is 0 Å². The topological polar surface area (TPSA) is 75.3 Å². The standard InChI is InChI=1S/C19H30N2O3S/c1-13(2)6-5-7-15(4)20-19(22)18-12-17(11-8-14(18)3)25(23,24)21-16-9-10-16/h8,11-13,15-16,21H,5-7,9-10H2,1-4H3,(H,20,22)/t15-/m0/s1. The van der Waals surface area contributed by atoms with E-state index in [0.717, 1.165) is 37.7 Å². The third-order valence-corrected chi connectivity index (χ3v) is 5.98. The average Bonchev–Trinajstić information content (AvgIpc) is 3.30. The first kappa shape index (κ1) is 19.9. The Hall–Kier alpha value is -1.40. The minimum Gasteiger partial charge on any atom is -0.350 e. The summed E-state index contributed by atoms with van der Waals surface area (Å²) in [5.74, 6) is 0.448. The molecule has 1 atom stereocenters. The summed E-state index contributed by atoms with van der Waals surface area (Å²) in [5.41, 5.74) is 1.20. The lowest BCUT2D eigenvalue weighted by Crippen LogP contribution is -2.33. The van der Waals surface area contributed by atoms with Crippen molar-refractivity contribution in [3.63, 3.8) is 0 Å². The van der Waals surface area contributed by atoms with Gasteiger partial charge < -0.3 is 5.32 Å². The molecule has 25 heavy (non-hydrogen) atoms. The molecular formula is C19H30N2O3S. The molecule has 6 heteroatoms. The Morgan fingerprint density at radius 2 is 1.88 bits per heavy atom. The number of aryl methyl sites for hydroxylation is 1. The second-order valence-corrected chi connectivity index (χ2v) is 9.29. The zero-order chi connectivity index (χ0) is 18.6. The van der Waals surface area contributed by atoms with Crippen molar-refractivity contribution < 1.29 is 13.2 Å². The van der Waals surface area contributed by atoms with E-state index in [-0.39, 0.29) is 22.9 Å². The first-order valence-electron chi connectivity index (χ1n) is 9.13. The summed E-state index contributed by atoms with van der Waals surface area (Å²) in [6.07, 6.45) is 4.89. The zero-order valence-corrected chi connectivity index (χ0v) is 16.4. The van der Waals surface area contributed by atoms with Crippen LogP contribution in [0.1, 0.15) is 68.8 Å². The maximum absolute atomic E-state index is 12.6. The Morgan fingerprint density at radius 1 is 1.20 bits per heavy atom. The van der Waals surface area contributed by atoms with Crippen LogP contribution in [-0.2, 0) is 10.0 Å². The van der Waals surface area contributed by atoms with E-state index in [9.17, 15) is 13.2 Å². The molecule has 0 aromatic heterocycles. The number of sulfonamides is 1. The minimum atomic E-state index is -3.55. The number of benzene rings is 1. The molecule has 1 amide bonds. The number of carbonyl (C=O) groups is 1. The summed E-state index contributed by atoms with van der Waals surface area (Å²) < 4.78 is 27.4. The summed E-state index contributed by atoms with van der Waals surface area (Å²) in [7, 11) is -3.55. The van der Waals surface area contributed by atoms with Gasteiger partial charge in [0.15, 0.2) is 0 Å². The van der Waals surface area contributed by atoms with Crippen molar-refractivity contribution in [3.05, 3.63) is 29.3 Å². The fraction of sp³-hybridized carbons (Fsp3) is 0.632. The summed E-state index contributed by atoms with van der Waals surface area (Å²) in [4.78, 5) is 12.7. The lowest BCUT2D eigenvalue weighted by Gasteiger charge is -2.16. The van der Waals surface area contributed by atoms with Crippen molar-refractivity contribution in [2.75, 3.05) is 0 Å². The Labute approximate surface area is 151 Å². The van der Waals surface area contributed by atoms with Gasteiger partial charge in [0, 0.05) is 17.6 Å². The quantitative estimate of drug-likeness (QED) is 0.703. The lowest BCUT2D eigenvalue weighted by atomic mass is 10.0. The van der Waals surface area contributed by atoms with Crippen molar-refractivity contribution in [1.29, 1.82) is 0 Å². The molecule has 1 saturated carbocycles. The van der Waals surface area contributed by atoms with Gasteiger partial charge in [0.05, 0.1) is 4.90 Å². The molecule has 0 bridgehead atoms. The number of hydrogen-bond donors (Lipinski definition) is 2. The fourth-order valence-corrected chi connectivity index (χ4v) is 4.04. The predicted molar refractivity (Wildman–Crippen MR) is 100 cm³/mol. The second-order valence-electron chi connectivity index (χ2n) is 7.57. The highest BCUT2D eigenvalue weighted by molar-refractivity contribution is 7.89. The number of carbonyl (C=O) groups excluding carboxylic acids is 1. The predicted octanol–water partition coefficient (Wildman–Crippen LogP) is 3.38. The van der Waals surface area contributed by atoms with Crippen molar-refractivity contribution in [1.82, 2.24) is 10.0 Å². The normalized spacial score (nSPS) is 16.0. The van der Waals surface area contributed by atoms with E-state index in [1.54, 1.807) is 12.1 Å². The minimum absolute atomic E-state index is 0.0459. The maximum atomic E-state index is 12.6. The molecule has 0 heterocycles. The van der Waals surface area contributed by atoms with Crippen LogP contribution in [0.15, 0.2) is 23.1 Å². The molecule has 0 aliphatic heterocycles. The van der Waals surface area contributed by atoms with Gasteiger partial charge in [0.1, 0.15) is 0 Å². The van der Waals surface area contributed by atoms with E-state index >= 15 is 0 Å². The Bertz CT molecular complexity index is 709. The second kappa shape index (κ2) is 8.32. The highest BCUT2D eigenvalue weighted by atomic mass is 32.2. The summed E-state index contributed by atoms with van der Waals surface area (Å²) >= 11 is 0. The van der Waals surface area contributed by atoms with E-state index in [1.165, 1.54) is 6.07 Å². The van der Waals surface area contributed by atoms with E-state index < -0.39 is 10.0 Å². The van der Waals surface area contributed by atoms with Crippen LogP contribution < -0.4 is 10.0 Å². The molecule has 140 valence electrons. The molecule has 0 unspecified atom stereocenters. The number of nitrogens with one attached hydrogen (secondary N) is 2. The molecule has 1 aromatic rings. The fourth-order valence-electron chi connectivity index (χ4n) is 2.71. The van der Waals surface area contributed by atoms with Crippen molar-refractivity contribution >= 4 is 15.9 Å². The van der Waals surface area contributed by atoms with E-state index in [0.29, 0.717) is 11.5 Å². The lowest BCUT2D eigenvalue weighted by molar-refractivity contribution is 0.0937. The third-order valence-electron chi connectivity index (χ3n) is 4.46. The van der Waals surface area contributed by atoms with Crippen molar-refractivity contribution in [2.24, 2.45) is 5.92 Å². The highest BCUT2D eigenvalue weighted by Crippen LogP contribution is 2.23. The molecule has 2 rings (SSSR count). The molecule has 0 saturated heterocycles. The molecule has 1 aliphatic carbocycles. The van der Waals surface area contributed by atoms with Gasteiger partial charge in [-0.1, -0.05) is 32.8 Å². The van der Waals surface area contributed by atoms with Gasteiger partial charge in [-0.15, -0.1) is 0 Å². The monoisotopic (exact) mass is 366 g/mol. The largest absolute Gasteiger partial charge is 0.350 e. The van der Waals surface area contributed by atoms with Crippen LogP contribution in [0.25, 0.3) is 0 Å². The Kier molecular flexibility index (Phi) is 6.63.